The third-order valence-electron chi connectivity index (χ3n) is 3.81. The Balaban J connectivity index is 1.93. The molecule has 0 aliphatic heterocycles. The number of hydrogen-bond acceptors (Lipinski definition) is 4. The van der Waals surface area contributed by atoms with Crippen LogP contribution in [-0.4, -0.2) is 24.1 Å². The van der Waals surface area contributed by atoms with Gasteiger partial charge in [-0.25, -0.2) is 0 Å². The molecule has 0 aliphatic rings. The van der Waals surface area contributed by atoms with Crippen molar-refractivity contribution in [1.29, 1.82) is 0 Å². The number of nitrogens with one attached hydrogen (secondary N) is 3. The Labute approximate surface area is 159 Å². The highest BCUT2D eigenvalue weighted by Crippen LogP contribution is 2.20. The van der Waals surface area contributed by atoms with Gasteiger partial charge in [0.1, 0.15) is 0 Å². The fourth-order valence-corrected chi connectivity index (χ4v) is 2.23. The van der Waals surface area contributed by atoms with E-state index < -0.39 is 5.41 Å². The number of benzene rings is 2. The molecule has 2 rings (SSSR count). The van der Waals surface area contributed by atoms with Gasteiger partial charge in [0.15, 0.2) is 5.78 Å². The lowest BCUT2D eigenvalue weighted by Gasteiger charge is -2.18. The molecule has 0 unspecified atom stereocenters. The van der Waals surface area contributed by atoms with E-state index in [9.17, 15) is 14.4 Å². The molecule has 2 amide bonds. The van der Waals surface area contributed by atoms with Crippen molar-refractivity contribution in [2.45, 2.75) is 27.7 Å². The van der Waals surface area contributed by atoms with Crippen LogP contribution in [0.15, 0.2) is 48.5 Å². The van der Waals surface area contributed by atoms with Crippen LogP contribution in [0.5, 0.6) is 0 Å². The summed E-state index contributed by atoms with van der Waals surface area (Å²) in [5, 5.41) is 8.63. The van der Waals surface area contributed by atoms with Crippen LogP contribution < -0.4 is 16.0 Å². The summed E-state index contributed by atoms with van der Waals surface area (Å²) in [6, 6.07) is 14.0. The molecular formula is C21H25N3O3. The fraction of sp³-hybridized carbons (Fsp3) is 0.286. The number of rotatable bonds is 6. The van der Waals surface area contributed by atoms with Gasteiger partial charge in [0, 0.05) is 28.0 Å². The zero-order valence-corrected chi connectivity index (χ0v) is 16.1. The van der Waals surface area contributed by atoms with Crippen LogP contribution in [0.25, 0.3) is 0 Å². The second kappa shape index (κ2) is 8.49. The predicted molar refractivity (Wildman–Crippen MR) is 108 cm³/mol. The first-order valence-corrected chi connectivity index (χ1v) is 8.71. The monoisotopic (exact) mass is 367 g/mol. The first-order valence-electron chi connectivity index (χ1n) is 8.71. The fourth-order valence-electron chi connectivity index (χ4n) is 2.23. The van der Waals surface area contributed by atoms with Crippen LogP contribution in [0.3, 0.4) is 0 Å². The lowest BCUT2D eigenvalue weighted by Crippen LogP contribution is -2.27. The molecule has 2 aromatic rings. The van der Waals surface area contributed by atoms with Gasteiger partial charge >= 0.3 is 0 Å². The molecule has 0 saturated heterocycles. The summed E-state index contributed by atoms with van der Waals surface area (Å²) in [5.74, 6) is -0.374. The molecular weight excluding hydrogens is 342 g/mol. The largest absolute Gasteiger partial charge is 0.376 e. The van der Waals surface area contributed by atoms with Gasteiger partial charge in [-0.2, -0.15) is 0 Å². The lowest BCUT2D eigenvalue weighted by molar-refractivity contribution is -0.123. The predicted octanol–water partition coefficient (Wildman–Crippen LogP) is 3.92. The summed E-state index contributed by atoms with van der Waals surface area (Å²) in [4.78, 5) is 35.6. The van der Waals surface area contributed by atoms with Gasteiger partial charge in [0.25, 0.3) is 0 Å². The highest BCUT2D eigenvalue weighted by Gasteiger charge is 2.21. The summed E-state index contributed by atoms with van der Waals surface area (Å²) >= 11 is 0. The van der Waals surface area contributed by atoms with E-state index in [4.69, 9.17) is 0 Å². The quantitative estimate of drug-likeness (QED) is 0.675. The first-order chi connectivity index (χ1) is 12.6. The summed E-state index contributed by atoms with van der Waals surface area (Å²) in [7, 11) is 0. The second-order valence-corrected chi connectivity index (χ2v) is 7.32. The topological polar surface area (TPSA) is 87.3 Å². The van der Waals surface area contributed by atoms with Gasteiger partial charge in [-0.3, -0.25) is 14.4 Å². The molecule has 0 radical (unpaired) electrons. The van der Waals surface area contributed by atoms with Crippen LogP contribution in [-0.2, 0) is 9.59 Å². The molecule has 27 heavy (non-hydrogen) atoms. The average Bonchev–Trinajstić information content (AvgIpc) is 2.59. The highest BCUT2D eigenvalue weighted by atomic mass is 16.2. The van der Waals surface area contributed by atoms with Gasteiger partial charge in [0.05, 0.1) is 6.54 Å². The van der Waals surface area contributed by atoms with Crippen molar-refractivity contribution in [3.8, 4) is 0 Å². The van der Waals surface area contributed by atoms with Gasteiger partial charge in [-0.15, -0.1) is 0 Å². The third-order valence-corrected chi connectivity index (χ3v) is 3.81. The maximum Gasteiger partial charge on any atom is 0.243 e. The van der Waals surface area contributed by atoms with Crippen molar-refractivity contribution in [2.75, 3.05) is 22.5 Å². The zero-order chi connectivity index (χ0) is 20.0. The minimum Gasteiger partial charge on any atom is -0.376 e. The maximum atomic E-state index is 12.1. The van der Waals surface area contributed by atoms with Crippen LogP contribution in [0, 0.1) is 5.41 Å². The second-order valence-electron chi connectivity index (χ2n) is 7.32. The molecule has 3 N–H and O–H groups in total. The van der Waals surface area contributed by atoms with Crippen LogP contribution in [0.2, 0.25) is 0 Å². The van der Waals surface area contributed by atoms with Crippen LogP contribution >= 0.6 is 0 Å². The van der Waals surface area contributed by atoms with E-state index in [1.807, 2.05) is 26.8 Å². The molecule has 142 valence electrons. The molecule has 0 atom stereocenters. The highest BCUT2D eigenvalue weighted by molar-refractivity contribution is 5.98. The van der Waals surface area contributed by atoms with Gasteiger partial charge in [-0.05, 0) is 37.3 Å². The Kier molecular flexibility index (Phi) is 6.34. The Hall–Kier alpha value is -3.15. The zero-order valence-electron chi connectivity index (χ0n) is 16.1. The third kappa shape index (κ3) is 6.26. The van der Waals surface area contributed by atoms with E-state index in [-0.39, 0.29) is 24.1 Å². The molecule has 0 bridgehead atoms. The Bertz CT molecular complexity index is 854. The summed E-state index contributed by atoms with van der Waals surface area (Å²) in [6.07, 6.45) is 0. The molecule has 0 fully saturated rings. The number of amides is 2. The molecule has 0 heterocycles. The molecule has 0 spiro atoms. The molecule has 6 heteroatoms. The molecule has 0 aliphatic carbocycles. The summed E-state index contributed by atoms with van der Waals surface area (Å²) < 4.78 is 0. The van der Waals surface area contributed by atoms with E-state index in [1.54, 1.807) is 42.5 Å². The van der Waals surface area contributed by atoms with Crippen LogP contribution in [0.1, 0.15) is 38.1 Å². The first kappa shape index (κ1) is 20.2. The van der Waals surface area contributed by atoms with Gasteiger partial charge in [0.2, 0.25) is 11.8 Å². The van der Waals surface area contributed by atoms with Crippen molar-refractivity contribution in [3.63, 3.8) is 0 Å². The van der Waals surface area contributed by atoms with E-state index in [0.29, 0.717) is 22.6 Å². The molecule has 0 saturated carbocycles. The van der Waals surface area contributed by atoms with Crippen molar-refractivity contribution in [2.24, 2.45) is 5.41 Å². The number of hydrogen-bond donors (Lipinski definition) is 3. The SMILES string of the molecule is CC(=O)c1cccc(NC(=O)CNc2cccc(NC(=O)C(C)(C)C)c2)c1. The summed E-state index contributed by atoms with van der Waals surface area (Å²) in [5.41, 5.74) is 2.00. The van der Waals surface area contributed by atoms with Gasteiger partial charge in [-0.1, -0.05) is 39.0 Å². The van der Waals surface area contributed by atoms with Crippen molar-refractivity contribution in [3.05, 3.63) is 54.1 Å². The smallest absolute Gasteiger partial charge is 0.243 e. The molecule has 2 aromatic carbocycles. The standard InChI is InChI=1S/C21H25N3O3/c1-14(25)15-7-5-9-17(11-15)23-19(26)13-22-16-8-6-10-18(12-16)24-20(27)21(2,3)4/h5-12,22H,13H2,1-4H3,(H,23,26)(H,24,27). The molecule has 0 aromatic heterocycles. The Morgan fingerprint density at radius 2 is 1.44 bits per heavy atom. The van der Waals surface area contributed by atoms with E-state index in [2.05, 4.69) is 16.0 Å². The maximum absolute atomic E-state index is 12.1. The Morgan fingerprint density at radius 3 is 2.07 bits per heavy atom. The number of Topliss-reactive ketones (excluding diaryl/α,β-unsaturated/α-hetero) is 1. The van der Waals surface area contributed by atoms with E-state index >= 15 is 0 Å². The number of carbonyl (C=O) groups is 3. The summed E-state index contributed by atoms with van der Waals surface area (Å²) in [6.45, 7) is 7.07. The van der Waals surface area contributed by atoms with Crippen LogP contribution in [0.4, 0.5) is 17.1 Å². The van der Waals surface area contributed by atoms with E-state index in [1.165, 1.54) is 6.92 Å². The van der Waals surface area contributed by atoms with Crippen molar-refractivity contribution < 1.29 is 14.4 Å². The Morgan fingerprint density at radius 1 is 0.852 bits per heavy atom. The minimum absolute atomic E-state index is 0.0565. The number of ketones is 1. The van der Waals surface area contributed by atoms with Crippen molar-refractivity contribution in [1.82, 2.24) is 0 Å². The number of carbonyl (C=O) groups excluding carboxylic acids is 3. The average molecular weight is 367 g/mol. The number of anilines is 3. The van der Waals surface area contributed by atoms with Gasteiger partial charge < -0.3 is 16.0 Å². The molecule has 6 nitrogen and oxygen atoms in total. The van der Waals surface area contributed by atoms with E-state index in [0.717, 1.165) is 0 Å². The van der Waals surface area contributed by atoms with Crippen molar-refractivity contribution >= 4 is 34.7 Å². The normalized spacial score (nSPS) is 10.8. The lowest BCUT2D eigenvalue weighted by atomic mass is 9.95. The minimum atomic E-state index is -0.488.